The second-order valence-corrected chi connectivity index (χ2v) is 6.79. The number of rotatable bonds is 0. The van der Waals surface area contributed by atoms with Gasteiger partial charge in [0.25, 0.3) is 0 Å². The lowest BCUT2D eigenvalue weighted by Gasteiger charge is -2.59. The zero-order chi connectivity index (χ0) is 10.6. The number of aliphatic hydroxyl groups is 2. The average Bonchev–Trinajstić information content (AvgIpc) is 2.66. The fourth-order valence-electron chi connectivity index (χ4n) is 7.20. The largest absolute Gasteiger partial charge is 0.430 e. The molecule has 7 fully saturated rings. The fourth-order valence-corrected chi connectivity index (χ4v) is 7.20. The molecule has 2 saturated heterocycles. The molecule has 7 aliphatic rings. The summed E-state index contributed by atoms with van der Waals surface area (Å²) in [5.74, 6) is 0.466. The van der Waals surface area contributed by atoms with Crippen LogP contribution in [0.2, 0.25) is 0 Å². The fraction of sp³-hybridized carbons (Fsp3) is 0.917. The van der Waals surface area contributed by atoms with Crippen LogP contribution >= 0.6 is 0 Å². The summed E-state index contributed by atoms with van der Waals surface area (Å²) in [5, 5.41) is 21.4. The maximum Gasteiger partial charge on any atom is 0.341 e. The number of ether oxygens (including phenoxy) is 1. The van der Waals surface area contributed by atoms with Crippen molar-refractivity contribution in [1.82, 2.24) is 0 Å². The van der Waals surface area contributed by atoms with Gasteiger partial charge >= 0.3 is 5.97 Å². The number of carbonyl (C=O) groups is 1. The zero-order valence-electron chi connectivity index (χ0n) is 8.54. The first-order chi connectivity index (χ1) is 7.60. The van der Waals surface area contributed by atoms with Crippen LogP contribution in [0.1, 0.15) is 6.42 Å². The lowest BCUT2D eigenvalue weighted by molar-refractivity contribution is -0.350. The molecule has 16 heavy (non-hydrogen) atoms. The van der Waals surface area contributed by atoms with Crippen molar-refractivity contribution in [3.05, 3.63) is 0 Å². The highest BCUT2D eigenvalue weighted by atomic mass is 16.7. The minimum atomic E-state index is -1.23. The molecule has 7 rings (SSSR count). The van der Waals surface area contributed by atoms with Gasteiger partial charge in [0.2, 0.25) is 5.79 Å². The van der Waals surface area contributed by atoms with E-state index in [2.05, 4.69) is 0 Å². The Labute approximate surface area is 91.6 Å². The van der Waals surface area contributed by atoms with Crippen LogP contribution in [0.15, 0.2) is 0 Å². The molecule has 2 aliphatic heterocycles. The highest BCUT2D eigenvalue weighted by Crippen LogP contribution is 2.89. The molecule has 0 unspecified atom stereocenters. The molecule has 2 heterocycles. The first-order valence-corrected chi connectivity index (χ1v) is 6.28. The summed E-state index contributed by atoms with van der Waals surface area (Å²) >= 11 is 0. The maximum absolute atomic E-state index is 11.9. The van der Waals surface area contributed by atoms with Gasteiger partial charge in [0, 0.05) is 23.7 Å². The molecular formula is C12H12O4. The van der Waals surface area contributed by atoms with E-state index in [1.165, 1.54) is 0 Å². The standard InChI is InChI=1S/C12H12O4/c13-10-11(14)6-2-1-3-5-4(2)8(11)9(5)12(15,16-10)7(3)6/h2-9,14-15H,1H2/t2-,3+,4+,5-,6+,7-,8+,9-,11+,12-/m0/s1. The van der Waals surface area contributed by atoms with Gasteiger partial charge in [-0.1, -0.05) is 0 Å². The lowest BCUT2D eigenvalue weighted by Crippen LogP contribution is -2.74. The summed E-state index contributed by atoms with van der Waals surface area (Å²) < 4.78 is 5.22. The van der Waals surface area contributed by atoms with Gasteiger partial charge in [0.1, 0.15) is 0 Å². The van der Waals surface area contributed by atoms with Crippen LogP contribution in [0, 0.1) is 47.3 Å². The first kappa shape index (κ1) is 7.67. The Bertz CT molecular complexity index is 489. The van der Waals surface area contributed by atoms with Crippen molar-refractivity contribution in [1.29, 1.82) is 0 Å². The van der Waals surface area contributed by atoms with Crippen LogP contribution in [-0.2, 0) is 9.53 Å². The third-order valence-corrected chi connectivity index (χ3v) is 7.06. The van der Waals surface area contributed by atoms with E-state index in [0.29, 0.717) is 23.7 Å². The van der Waals surface area contributed by atoms with Gasteiger partial charge in [-0.15, -0.1) is 0 Å². The van der Waals surface area contributed by atoms with Gasteiger partial charge in [0.15, 0.2) is 5.60 Å². The SMILES string of the molecule is O=C1O[C@@]2(O)[C@H]3[C@@H]4C[C@H]5[C@@H]6[C@H]4[C@H]2[C@@H]6[C@]1(O)[C@H]53. The Morgan fingerprint density at radius 1 is 1.06 bits per heavy atom. The van der Waals surface area contributed by atoms with Gasteiger partial charge in [-0.3, -0.25) is 0 Å². The second-order valence-electron chi connectivity index (χ2n) is 6.79. The molecule has 4 bridgehead atoms. The highest BCUT2D eigenvalue weighted by molar-refractivity contribution is 5.85. The van der Waals surface area contributed by atoms with Crippen molar-refractivity contribution < 1.29 is 19.7 Å². The van der Waals surface area contributed by atoms with Crippen molar-refractivity contribution >= 4 is 5.97 Å². The van der Waals surface area contributed by atoms with Crippen LogP contribution in [0.4, 0.5) is 0 Å². The summed E-state index contributed by atoms with van der Waals surface area (Å²) in [5.41, 5.74) is -1.23. The third kappa shape index (κ3) is 0.371. The molecule has 0 aromatic carbocycles. The summed E-state index contributed by atoms with van der Waals surface area (Å²) in [6.07, 6.45) is 1.11. The molecule has 0 aromatic heterocycles. The van der Waals surface area contributed by atoms with Crippen molar-refractivity contribution in [2.45, 2.75) is 17.8 Å². The molecule has 5 aliphatic carbocycles. The van der Waals surface area contributed by atoms with Crippen LogP contribution in [0.25, 0.3) is 0 Å². The molecule has 4 heteroatoms. The Kier molecular flexibility index (Phi) is 0.758. The van der Waals surface area contributed by atoms with Gasteiger partial charge in [-0.2, -0.15) is 0 Å². The number of fused-ring (bicyclic) bond motifs is 1. The van der Waals surface area contributed by atoms with Crippen molar-refractivity contribution in [2.24, 2.45) is 47.3 Å². The summed E-state index contributed by atoms with van der Waals surface area (Å²) in [4.78, 5) is 11.9. The van der Waals surface area contributed by atoms with Crippen LogP contribution in [0.3, 0.4) is 0 Å². The Morgan fingerprint density at radius 2 is 1.75 bits per heavy atom. The third-order valence-electron chi connectivity index (χ3n) is 7.06. The van der Waals surface area contributed by atoms with Gasteiger partial charge < -0.3 is 14.9 Å². The second kappa shape index (κ2) is 1.58. The molecule has 10 atom stereocenters. The Balaban J connectivity index is 1.78. The number of hydrogen-bond donors (Lipinski definition) is 2. The highest BCUT2D eigenvalue weighted by Gasteiger charge is 2.96. The van der Waals surface area contributed by atoms with Crippen LogP contribution in [-0.4, -0.2) is 27.6 Å². The predicted octanol–water partition coefficient (Wildman–Crippen LogP) is -0.649. The van der Waals surface area contributed by atoms with E-state index in [9.17, 15) is 15.0 Å². The van der Waals surface area contributed by atoms with Gasteiger partial charge in [-0.05, 0) is 30.1 Å². The average molecular weight is 220 g/mol. The van der Waals surface area contributed by atoms with E-state index in [0.717, 1.165) is 6.42 Å². The molecule has 0 radical (unpaired) electrons. The summed E-state index contributed by atoms with van der Waals surface area (Å²) in [6.45, 7) is 0. The minimum Gasteiger partial charge on any atom is -0.430 e. The monoisotopic (exact) mass is 220 g/mol. The van der Waals surface area contributed by atoms with Gasteiger partial charge in [-0.25, -0.2) is 4.79 Å². The van der Waals surface area contributed by atoms with E-state index in [-0.39, 0.29) is 23.7 Å². The maximum atomic E-state index is 11.9. The van der Waals surface area contributed by atoms with Crippen molar-refractivity contribution in [3.8, 4) is 0 Å². The first-order valence-electron chi connectivity index (χ1n) is 6.28. The molecule has 0 amide bonds. The van der Waals surface area contributed by atoms with Crippen LogP contribution in [0.5, 0.6) is 0 Å². The topological polar surface area (TPSA) is 66.8 Å². The smallest absolute Gasteiger partial charge is 0.341 e. The zero-order valence-corrected chi connectivity index (χ0v) is 8.54. The molecule has 0 spiro atoms. The van der Waals surface area contributed by atoms with E-state index in [4.69, 9.17) is 4.74 Å². The Morgan fingerprint density at radius 3 is 2.56 bits per heavy atom. The van der Waals surface area contributed by atoms with E-state index in [1.54, 1.807) is 0 Å². The normalized spacial score (nSPS) is 83.2. The lowest BCUT2D eigenvalue weighted by atomic mass is 9.53. The molecule has 84 valence electrons. The molecule has 4 nitrogen and oxygen atoms in total. The van der Waals surface area contributed by atoms with E-state index >= 15 is 0 Å². The van der Waals surface area contributed by atoms with Crippen LogP contribution < -0.4 is 0 Å². The molecule has 2 N–H and O–H groups in total. The summed E-state index contributed by atoms with van der Waals surface area (Å²) in [7, 11) is 0. The molecular weight excluding hydrogens is 208 g/mol. The Hall–Kier alpha value is -0.610. The quantitative estimate of drug-likeness (QED) is 0.532. The summed E-state index contributed by atoms with van der Waals surface area (Å²) in [6, 6.07) is 0. The molecule has 5 saturated carbocycles. The number of esters is 1. The van der Waals surface area contributed by atoms with E-state index in [1.807, 2.05) is 0 Å². The van der Waals surface area contributed by atoms with Crippen molar-refractivity contribution in [3.63, 3.8) is 0 Å². The number of hydrogen-bond acceptors (Lipinski definition) is 4. The minimum absolute atomic E-state index is 0.00810. The predicted molar refractivity (Wildman–Crippen MR) is 48.5 cm³/mol. The van der Waals surface area contributed by atoms with E-state index < -0.39 is 17.4 Å². The number of carbonyl (C=O) groups excluding carboxylic acids is 1. The van der Waals surface area contributed by atoms with Crippen molar-refractivity contribution in [2.75, 3.05) is 0 Å². The molecule has 0 aromatic rings. The van der Waals surface area contributed by atoms with Gasteiger partial charge in [0.05, 0.1) is 0 Å².